The van der Waals surface area contributed by atoms with Gasteiger partial charge in [-0.25, -0.2) is 4.79 Å². The van der Waals surface area contributed by atoms with E-state index in [1.54, 1.807) is 12.0 Å². The Labute approximate surface area is 174 Å². The van der Waals surface area contributed by atoms with Gasteiger partial charge in [0.15, 0.2) is 5.96 Å². The molecule has 1 saturated heterocycles. The van der Waals surface area contributed by atoms with Crippen molar-refractivity contribution < 1.29 is 14.3 Å². The van der Waals surface area contributed by atoms with Crippen LogP contribution in [0.2, 0.25) is 0 Å². The van der Waals surface area contributed by atoms with Gasteiger partial charge in [0.05, 0.1) is 13.7 Å². The summed E-state index contributed by atoms with van der Waals surface area (Å²) in [5, 5.41) is 6.85. The molecule has 29 heavy (non-hydrogen) atoms. The van der Waals surface area contributed by atoms with Gasteiger partial charge in [-0.2, -0.15) is 0 Å². The number of aliphatic imine (C=N–C) groups is 1. The molecule has 1 atom stereocenters. The van der Waals surface area contributed by atoms with E-state index in [0.29, 0.717) is 31.7 Å². The molecule has 0 radical (unpaired) electrons. The lowest BCUT2D eigenvalue weighted by molar-refractivity contribution is 0.0963. The Balaban J connectivity index is 1.81. The maximum Gasteiger partial charge on any atom is 0.409 e. The molecule has 0 bridgehead atoms. The van der Waals surface area contributed by atoms with E-state index >= 15 is 0 Å². The highest BCUT2D eigenvalue weighted by atomic mass is 16.6. The Kier molecular flexibility index (Phi) is 9.60. The Hall–Kier alpha value is -2.44. The van der Waals surface area contributed by atoms with Crippen molar-refractivity contribution in [1.82, 2.24) is 15.5 Å². The standard InChI is InChI=1S/C22H36N4O3/c1-5-23-21(25-19-12-15-26(16-13-19)22(27)29-6-2)24-14-11-17(3)18-7-9-20(28-4)10-8-18/h7-10,17,19H,5-6,11-16H2,1-4H3,(H2,23,24,25). The van der Waals surface area contributed by atoms with Crippen molar-refractivity contribution >= 4 is 12.1 Å². The van der Waals surface area contributed by atoms with Gasteiger partial charge >= 0.3 is 6.09 Å². The first kappa shape index (κ1) is 22.8. The summed E-state index contributed by atoms with van der Waals surface area (Å²) < 4.78 is 10.3. The summed E-state index contributed by atoms with van der Waals surface area (Å²) in [6, 6.07) is 8.56. The number of amides is 1. The highest BCUT2D eigenvalue weighted by molar-refractivity contribution is 5.80. The van der Waals surface area contributed by atoms with Crippen LogP contribution in [0.3, 0.4) is 0 Å². The van der Waals surface area contributed by atoms with Gasteiger partial charge in [-0.1, -0.05) is 19.1 Å². The summed E-state index contributed by atoms with van der Waals surface area (Å²) in [6.45, 7) is 9.55. The second kappa shape index (κ2) is 12.2. The fraction of sp³-hybridized carbons (Fsp3) is 0.636. The maximum atomic E-state index is 11.8. The minimum Gasteiger partial charge on any atom is -0.497 e. The number of hydrogen-bond donors (Lipinski definition) is 2. The lowest BCUT2D eigenvalue weighted by atomic mass is 9.98. The zero-order chi connectivity index (χ0) is 21.1. The zero-order valence-electron chi connectivity index (χ0n) is 18.2. The Morgan fingerprint density at radius 1 is 1.24 bits per heavy atom. The summed E-state index contributed by atoms with van der Waals surface area (Å²) in [5.41, 5.74) is 1.30. The van der Waals surface area contributed by atoms with Crippen molar-refractivity contribution in [1.29, 1.82) is 0 Å². The smallest absolute Gasteiger partial charge is 0.409 e. The summed E-state index contributed by atoms with van der Waals surface area (Å²) >= 11 is 0. The quantitative estimate of drug-likeness (QED) is 0.513. The zero-order valence-corrected chi connectivity index (χ0v) is 18.2. The molecule has 7 heteroatoms. The molecule has 0 aromatic heterocycles. The second-order valence-corrected chi connectivity index (χ2v) is 7.33. The Bertz CT molecular complexity index is 640. The molecule has 7 nitrogen and oxygen atoms in total. The average Bonchev–Trinajstić information content (AvgIpc) is 2.74. The molecule has 1 fully saturated rings. The van der Waals surface area contributed by atoms with Crippen LogP contribution in [0.5, 0.6) is 5.75 Å². The number of nitrogens with one attached hydrogen (secondary N) is 2. The molecule has 0 aliphatic carbocycles. The molecule has 1 aromatic carbocycles. The van der Waals surface area contributed by atoms with Crippen molar-refractivity contribution in [3.63, 3.8) is 0 Å². The van der Waals surface area contributed by atoms with Crippen LogP contribution in [0.15, 0.2) is 29.3 Å². The van der Waals surface area contributed by atoms with E-state index in [-0.39, 0.29) is 6.09 Å². The topological polar surface area (TPSA) is 75.2 Å². The molecule has 2 rings (SSSR count). The van der Waals surface area contributed by atoms with Crippen molar-refractivity contribution in [3.05, 3.63) is 29.8 Å². The summed E-state index contributed by atoms with van der Waals surface area (Å²) in [5.74, 6) is 2.16. The van der Waals surface area contributed by atoms with Crippen LogP contribution in [0.1, 0.15) is 51.5 Å². The normalized spacial score (nSPS) is 16.3. The third kappa shape index (κ3) is 7.48. The van der Waals surface area contributed by atoms with Crippen molar-refractivity contribution in [2.45, 2.75) is 52.0 Å². The highest BCUT2D eigenvalue weighted by Crippen LogP contribution is 2.21. The van der Waals surface area contributed by atoms with Crippen LogP contribution >= 0.6 is 0 Å². The van der Waals surface area contributed by atoms with Gasteiger partial charge in [0.25, 0.3) is 0 Å². The molecule has 1 unspecified atom stereocenters. The minimum atomic E-state index is -0.209. The number of benzene rings is 1. The van der Waals surface area contributed by atoms with E-state index in [2.05, 4.69) is 36.6 Å². The molecule has 162 valence electrons. The average molecular weight is 405 g/mol. The van der Waals surface area contributed by atoms with E-state index < -0.39 is 0 Å². The molecule has 2 N–H and O–H groups in total. The van der Waals surface area contributed by atoms with Gasteiger partial charge in [-0.05, 0) is 56.7 Å². The van der Waals surface area contributed by atoms with Gasteiger partial charge in [0.2, 0.25) is 0 Å². The van der Waals surface area contributed by atoms with Gasteiger partial charge in [0, 0.05) is 32.2 Å². The fourth-order valence-electron chi connectivity index (χ4n) is 3.40. The molecular weight excluding hydrogens is 368 g/mol. The number of hydrogen-bond acceptors (Lipinski definition) is 4. The third-order valence-electron chi connectivity index (χ3n) is 5.22. The molecule has 1 aliphatic heterocycles. The number of likely N-dealkylation sites (tertiary alicyclic amines) is 1. The minimum absolute atomic E-state index is 0.209. The summed E-state index contributed by atoms with van der Waals surface area (Å²) in [7, 11) is 1.68. The molecule has 0 saturated carbocycles. The predicted molar refractivity (Wildman–Crippen MR) is 117 cm³/mol. The first-order valence-electron chi connectivity index (χ1n) is 10.7. The number of rotatable bonds is 8. The number of ether oxygens (including phenoxy) is 2. The van der Waals surface area contributed by atoms with Gasteiger partial charge < -0.3 is 25.0 Å². The largest absolute Gasteiger partial charge is 0.497 e. The van der Waals surface area contributed by atoms with Gasteiger partial charge in [-0.15, -0.1) is 0 Å². The highest BCUT2D eigenvalue weighted by Gasteiger charge is 2.24. The van der Waals surface area contributed by atoms with Gasteiger partial charge in [0.1, 0.15) is 5.75 Å². The maximum absolute atomic E-state index is 11.8. The van der Waals surface area contributed by atoms with Crippen molar-refractivity contribution in [2.24, 2.45) is 4.99 Å². The van der Waals surface area contributed by atoms with E-state index in [1.807, 2.05) is 19.1 Å². The van der Waals surface area contributed by atoms with Crippen LogP contribution in [-0.2, 0) is 4.74 Å². The van der Waals surface area contributed by atoms with Crippen LogP contribution in [0, 0.1) is 0 Å². The number of methoxy groups -OCH3 is 1. The first-order chi connectivity index (χ1) is 14.1. The molecule has 1 amide bonds. The van der Waals surface area contributed by atoms with Crippen LogP contribution in [-0.4, -0.2) is 62.9 Å². The van der Waals surface area contributed by atoms with Crippen LogP contribution in [0.25, 0.3) is 0 Å². The van der Waals surface area contributed by atoms with E-state index in [4.69, 9.17) is 14.5 Å². The monoisotopic (exact) mass is 404 g/mol. The number of guanidine groups is 1. The number of carbonyl (C=O) groups is 1. The van der Waals surface area contributed by atoms with Crippen LogP contribution < -0.4 is 15.4 Å². The third-order valence-corrected chi connectivity index (χ3v) is 5.22. The van der Waals surface area contributed by atoms with E-state index in [9.17, 15) is 4.79 Å². The van der Waals surface area contributed by atoms with E-state index in [0.717, 1.165) is 44.1 Å². The molecule has 1 aliphatic rings. The van der Waals surface area contributed by atoms with Gasteiger partial charge in [-0.3, -0.25) is 4.99 Å². The van der Waals surface area contributed by atoms with E-state index in [1.165, 1.54) is 5.56 Å². The molecular formula is C22H36N4O3. The first-order valence-corrected chi connectivity index (χ1v) is 10.7. The predicted octanol–water partition coefficient (Wildman–Crippen LogP) is 3.36. The fourth-order valence-corrected chi connectivity index (χ4v) is 3.40. The summed E-state index contributed by atoms with van der Waals surface area (Å²) in [6.07, 6.45) is 2.56. The number of piperidine rings is 1. The number of nitrogens with zero attached hydrogens (tertiary/aromatic N) is 2. The lowest BCUT2D eigenvalue weighted by Gasteiger charge is -2.32. The second-order valence-electron chi connectivity index (χ2n) is 7.33. The Morgan fingerprint density at radius 3 is 2.52 bits per heavy atom. The Morgan fingerprint density at radius 2 is 1.93 bits per heavy atom. The van der Waals surface area contributed by atoms with Crippen LogP contribution in [0.4, 0.5) is 4.79 Å². The molecule has 1 aromatic rings. The summed E-state index contributed by atoms with van der Waals surface area (Å²) in [4.78, 5) is 18.4. The number of carbonyl (C=O) groups excluding carboxylic acids is 1. The van der Waals surface area contributed by atoms with Crippen molar-refractivity contribution in [3.8, 4) is 5.75 Å². The SMILES string of the molecule is CCNC(=NCCC(C)c1ccc(OC)cc1)NC1CCN(C(=O)OCC)CC1. The molecule has 1 heterocycles. The lowest BCUT2D eigenvalue weighted by Crippen LogP contribution is -2.49. The molecule has 0 spiro atoms. The van der Waals surface area contributed by atoms with Crippen molar-refractivity contribution in [2.75, 3.05) is 39.9 Å².